The highest BCUT2D eigenvalue weighted by molar-refractivity contribution is 5.78. The molecule has 2 saturated heterocycles. The van der Waals surface area contributed by atoms with Crippen LogP contribution in [0.3, 0.4) is 0 Å². The van der Waals surface area contributed by atoms with Crippen LogP contribution in [0.2, 0.25) is 0 Å². The summed E-state index contributed by atoms with van der Waals surface area (Å²) in [7, 11) is 0. The lowest BCUT2D eigenvalue weighted by Gasteiger charge is -2.27. The second-order valence-corrected chi connectivity index (χ2v) is 7.31. The lowest BCUT2D eigenvalue weighted by Crippen LogP contribution is -2.38. The van der Waals surface area contributed by atoms with E-state index in [0.29, 0.717) is 18.9 Å². The molecule has 0 bridgehead atoms. The third-order valence-corrected chi connectivity index (χ3v) is 5.52. The lowest BCUT2D eigenvalue weighted by molar-refractivity contribution is -0.131. The maximum Gasteiger partial charge on any atom is 0.223 e. The van der Waals surface area contributed by atoms with Crippen molar-refractivity contribution in [3.8, 4) is 0 Å². The molecule has 2 amide bonds. The summed E-state index contributed by atoms with van der Waals surface area (Å²) >= 11 is 0. The van der Waals surface area contributed by atoms with Crippen LogP contribution in [0.4, 0.5) is 4.39 Å². The van der Waals surface area contributed by atoms with Crippen molar-refractivity contribution in [2.75, 3.05) is 19.6 Å². The summed E-state index contributed by atoms with van der Waals surface area (Å²) < 4.78 is 13.0. The van der Waals surface area contributed by atoms with Crippen LogP contribution in [0, 0.1) is 5.82 Å². The van der Waals surface area contributed by atoms with Crippen molar-refractivity contribution in [3.05, 3.63) is 35.6 Å². The van der Waals surface area contributed by atoms with Crippen LogP contribution < -0.4 is 0 Å². The van der Waals surface area contributed by atoms with Crippen molar-refractivity contribution in [3.63, 3.8) is 0 Å². The smallest absolute Gasteiger partial charge is 0.223 e. The summed E-state index contributed by atoms with van der Waals surface area (Å²) in [5, 5.41) is 0. The molecule has 2 atom stereocenters. The van der Waals surface area contributed by atoms with E-state index in [1.807, 2.05) is 16.7 Å². The molecule has 4 nitrogen and oxygen atoms in total. The van der Waals surface area contributed by atoms with Gasteiger partial charge in [-0.2, -0.15) is 0 Å². The number of carbonyl (C=O) groups excluding carboxylic acids is 2. The molecule has 5 heteroatoms. The molecule has 0 saturated carbocycles. The molecule has 2 unspecified atom stereocenters. The molecule has 0 aromatic heterocycles. The molecule has 1 aromatic carbocycles. The Morgan fingerprint density at radius 2 is 1.92 bits per heavy atom. The summed E-state index contributed by atoms with van der Waals surface area (Å²) in [6, 6.07) is 6.69. The number of hydrogen-bond donors (Lipinski definition) is 0. The number of amides is 2. The second kappa shape index (κ2) is 7.98. The van der Waals surface area contributed by atoms with Gasteiger partial charge in [0.25, 0.3) is 0 Å². The van der Waals surface area contributed by atoms with Crippen LogP contribution in [-0.4, -0.2) is 47.3 Å². The number of halogens is 1. The minimum Gasteiger partial charge on any atom is -0.343 e. The molecule has 0 spiro atoms. The number of hydrogen-bond acceptors (Lipinski definition) is 2. The van der Waals surface area contributed by atoms with Crippen molar-refractivity contribution >= 4 is 11.8 Å². The van der Waals surface area contributed by atoms with Crippen molar-refractivity contribution in [1.82, 2.24) is 9.80 Å². The van der Waals surface area contributed by atoms with Crippen molar-refractivity contribution < 1.29 is 14.0 Å². The molecule has 2 aliphatic rings. The number of rotatable bonds is 4. The number of nitrogens with zero attached hydrogens (tertiary/aromatic N) is 2. The van der Waals surface area contributed by atoms with E-state index in [1.165, 1.54) is 12.1 Å². The first-order chi connectivity index (χ1) is 12.0. The normalized spacial score (nSPS) is 22.8. The first-order valence-corrected chi connectivity index (χ1v) is 9.37. The van der Waals surface area contributed by atoms with E-state index in [-0.39, 0.29) is 23.5 Å². The quantitative estimate of drug-likeness (QED) is 0.839. The van der Waals surface area contributed by atoms with Crippen LogP contribution in [0.1, 0.15) is 56.9 Å². The molecule has 0 aliphatic carbocycles. The Balaban J connectivity index is 1.54. The predicted molar refractivity (Wildman–Crippen MR) is 94.6 cm³/mol. The first kappa shape index (κ1) is 17.9. The zero-order valence-electron chi connectivity index (χ0n) is 14.9. The second-order valence-electron chi connectivity index (χ2n) is 7.31. The Morgan fingerprint density at radius 1 is 1.16 bits per heavy atom. The fraction of sp³-hybridized carbons (Fsp3) is 0.600. The average Bonchev–Trinajstić information content (AvgIpc) is 2.88. The third kappa shape index (κ3) is 4.39. The summed E-state index contributed by atoms with van der Waals surface area (Å²) in [6.07, 6.45) is 4.90. The Labute approximate surface area is 149 Å². The molecule has 2 heterocycles. The Kier molecular flexibility index (Phi) is 5.71. The minimum absolute atomic E-state index is 0.0762. The highest BCUT2D eigenvalue weighted by Crippen LogP contribution is 2.24. The largest absolute Gasteiger partial charge is 0.343 e. The van der Waals surface area contributed by atoms with Crippen LogP contribution in [-0.2, 0) is 9.59 Å². The number of likely N-dealkylation sites (tertiary alicyclic amines) is 2. The number of carbonyl (C=O) groups is 2. The van der Waals surface area contributed by atoms with Gasteiger partial charge in [-0.3, -0.25) is 9.59 Å². The van der Waals surface area contributed by atoms with E-state index >= 15 is 0 Å². The van der Waals surface area contributed by atoms with Crippen LogP contribution >= 0.6 is 0 Å². The zero-order valence-corrected chi connectivity index (χ0v) is 14.9. The van der Waals surface area contributed by atoms with Gasteiger partial charge in [0.1, 0.15) is 5.82 Å². The summed E-state index contributed by atoms with van der Waals surface area (Å²) in [5.41, 5.74) is 0.991. The molecule has 1 aromatic rings. The fourth-order valence-electron chi connectivity index (χ4n) is 4.00. The van der Waals surface area contributed by atoms with Gasteiger partial charge in [-0.05, 0) is 49.3 Å². The maximum atomic E-state index is 13.0. The van der Waals surface area contributed by atoms with E-state index in [4.69, 9.17) is 0 Å². The monoisotopic (exact) mass is 346 g/mol. The van der Waals surface area contributed by atoms with Crippen molar-refractivity contribution in [1.29, 1.82) is 0 Å². The van der Waals surface area contributed by atoms with Gasteiger partial charge in [-0.1, -0.05) is 19.1 Å². The van der Waals surface area contributed by atoms with Gasteiger partial charge in [0.15, 0.2) is 0 Å². The predicted octanol–water partition coefficient (Wildman–Crippen LogP) is 3.32. The topological polar surface area (TPSA) is 40.6 Å². The molecular formula is C20H27FN2O2. The highest BCUT2D eigenvalue weighted by Gasteiger charge is 2.30. The maximum absolute atomic E-state index is 13.0. The molecule has 3 rings (SSSR count). The van der Waals surface area contributed by atoms with Crippen molar-refractivity contribution in [2.24, 2.45) is 0 Å². The third-order valence-electron chi connectivity index (χ3n) is 5.52. The first-order valence-electron chi connectivity index (χ1n) is 9.37. The van der Waals surface area contributed by atoms with Gasteiger partial charge in [0.2, 0.25) is 11.8 Å². The molecular weight excluding hydrogens is 319 g/mol. The Bertz CT molecular complexity index is 617. The summed E-state index contributed by atoms with van der Waals surface area (Å²) in [6.45, 7) is 4.38. The molecule has 2 aliphatic heterocycles. The van der Waals surface area contributed by atoms with Crippen LogP contribution in [0.25, 0.3) is 0 Å². The molecule has 136 valence electrons. The molecule has 25 heavy (non-hydrogen) atoms. The molecule has 0 N–H and O–H groups in total. The van der Waals surface area contributed by atoms with E-state index < -0.39 is 0 Å². The summed E-state index contributed by atoms with van der Waals surface area (Å²) in [5.74, 6) is 0.254. The highest BCUT2D eigenvalue weighted by atomic mass is 19.1. The van der Waals surface area contributed by atoms with Gasteiger partial charge in [0.05, 0.1) is 0 Å². The Morgan fingerprint density at radius 3 is 2.60 bits per heavy atom. The molecule has 0 radical (unpaired) electrons. The van der Waals surface area contributed by atoms with Crippen molar-refractivity contribution in [2.45, 2.75) is 57.4 Å². The Hall–Kier alpha value is -1.91. The standard InChI is InChI=1S/C20H27FN2O2/c1-15(16-6-8-17(21)9-7-16)14-20(25)22-11-2-4-18(10-13-22)23-12-3-5-19(23)24/h6-9,15,18H,2-5,10-14H2,1H3. The lowest BCUT2D eigenvalue weighted by atomic mass is 9.97. The van der Waals surface area contributed by atoms with Gasteiger partial charge in [0, 0.05) is 38.5 Å². The van der Waals surface area contributed by atoms with Crippen LogP contribution in [0.15, 0.2) is 24.3 Å². The average molecular weight is 346 g/mol. The van der Waals surface area contributed by atoms with Gasteiger partial charge < -0.3 is 9.80 Å². The number of benzene rings is 1. The van der Waals surface area contributed by atoms with E-state index in [0.717, 1.165) is 50.9 Å². The van der Waals surface area contributed by atoms with E-state index in [9.17, 15) is 14.0 Å². The van der Waals surface area contributed by atoms with E-state index in [2.05, 4.69) is 0 Å². The van der Waals surface area contributed by atoms with Crippen LogP contribution in [0.5, 0.6) is 0 Å². The SMILES string of the molecule is CC(CC(=O)N1CCCC(N2CCCC2=O)CC1)c1ccc(F)cc1. The fourth-order valence-corrected chi connectivity index (χ4v) is 4.00. The van der Waals surface area contributed by atoms with Gasteiger partial charge in [-0.25, -0.2) is 4.39 Å². The van der Waals surface area contributed by atoms with E-state index in [1.54, 1.807) is 12.1 Å². The van der Waals surface area contributed by atoms with Gasteiger partial charge in [-0.15, -0.1) is 0 Å². The summed E-state index contributed by atoms with van der Waals surface area (Å²) in [4.78, 5) is 28.6. The zero-order chi connectivity index (χ0) is 17.8. The minimum atomic E-state index is -0.253. The molecule has 2 fully saturated rings. The van der Waals surface area contributed by atoms with Gasteiger partial charge >= 0.3 is 0 Å².